The highest BCUT2D eigenvalue weighted by Crippen LogP contribution is 2.20. The predicted octanol–water partition coefficient (Wildman–Crippen LogP) is 2.19. The number of carbonyl (C=O) groups is 2. The lowest BCUT2D eigenvalue weighted by atomic mass is 10.1. The molecule has 3 rings (SSSR count). The van der Waals surface area contributed by atoms with Crippen LogP contribution in [0.3, 0.4) is 0 Å². The fourth-order valence-electron chi connectivity index (χ4n) is 2.86. The number of ether oxygens (including phenoxy) is 1. The molecule has 0 bridgehead atoms. The average Bonchev–Trinajstić information content (AvgIpc) is 3.15. The molecule has 1 aromatic heterocycles. The minimum atomic E-state index is -0.132. The van der Waals surface area contributed by atoms with Crippen molar-refractivity contribution in [2.45, 2.75) is 6.92 Å². The van der Waals surface area contributed by atoms with Gasteiger partial charge in [0.2, 0.25) is 0 Å². The molecule has 1 aliphatic heterocycles. The lowest BCUT2D eigenvalue weighted by Crippen LogP contribution is -2.50. The summed E-state index contributed by atoms with van der Waals surface area (Å²) in [7, 11) is 1.61. The standard InChI is InChI=1S/C18H20N2O4/c1-13-12-14(5-6-15(13)23-2)17(21)19-7-9-20(10-8-19)18(22)16-4-3-11-24-16/h3-6,11-12H,7-10H2,1-2H3. The van der Waals surface area contributed by atoms with Gasteiger partial charge in [-0.1, -0.05) is 0 Å². The van der Waals surface area contributed by atoms with Crippen LogP contribution in [-0.2, 0) is 0 Å². The van der Waals surface area contributed by atoms with Crippen LogP contribution in [0.4, 0.5) is 0 Å². The van der Waals surface area contributed by atoms with Crippen molar-refractivity contribution in [3.8, 4) is 5.75 Å². The van der Waals surface area contributed by atoms with Gasteiger partial charge in [0, 0.05) is 31.7 Å². The van der Waals surface area contributed by atoms with Crippen LogP contribution >= 0.6 is 0 Å². The third-order valence-electron chi connectivity index (χ3n) is 4.23. The van der Waals surface area contributed by atoms with E-state index >= 15 is 0 Å². The molecule has 24 heavy (non-hydrogen) atoms. The maximum absolute atomic E-state index is 12.6. The van der Waals surface area contributed by atoms with Crippen molar-refractivity contribution < 1.29 is 18.7 Å². The van der Waals surface area contributed by atoms with Crippen LogP contribution < -0.4 is 4.74 Å². The minimum absolute atomic E-state index is 0.0224. The van der Waals surface area contributed by atoms with Gasteiger partial charge >= 0.3 is 0 Å². The zero-order valence-electron chi connectivity index (χ0n) is 13.8. The van der Waals surface area contributed by atoms with Gasteiger partial charge in [-0.25, -0.2) is 0 Å². The molecule has 126 valence electrons. The van der Waals surface area contributed by atoms with Gasteiger partial charge in [-0.3, -0.25) is 9.59 Å². The van der Waals surface area contributed by atoms with Crippen molar-refractivity contribution in [1.29, 1.82) is 0 Å². The summed E-state index contributed by atoms with van der Waals surface area (Å²) in [5, 5.41) is 0. The second-order valence-electron chi connectivity index (χ2n) is 5.75. The number of carbonyl (C=O) groups excluding carboxylic acids is 2. The fourth-order valence-corrected chi connectivity index (χ4v) is 2.86. The molecular formula is C18H20N2O4. The summed E-state index contributed by atoms with van der Waals surface area (Å²) < 4.78 is 10.4. The molecule has 1 aromatic carbocycles. The van der Waals surface area contributed by atoms with Crippen LogP contribution in [0.2, 0.25) is 0 Å². The summed E-state index contributed by atoms with van der Waals surface area (Å²) in [6, 6.07) is 8.76. The topological polar surface area (TPSA) is 63.0 Å². The monoisotopic (exact) mass is 328 g/mol. The Morgan fingerprint density at radius 2 is 1.71 bits per heavy atom. The normalized spacial score (nSPS) is 14.6. The molecule has 1 saturated heterocycles. The summed E-state index contributed by atoms with van der Waals surface area (Å²) in [5.74, 6) is 0.944. The van der Waals surface area contributed by atoms with Gasteiger partial charge in [-0.2, -0.15) is 0 Å². The van der Waals surface area contributed by atoms with E-state index < -0.39 is 0 Å². The number of methoxy groups -OCH3 is 1. The molecule has 0 radical (unpaired) electrons. The summed E-state index contributed by atoms with van der Waals surface area (Å²) in [6.07, 6.45) is 1.49. The number of benzene rings is 1. The van der Waals surface area contributed by atoms with Crippen LogP contribution in [0.1, 0.15) is 26.5 Å². The van der Waals surface area contributed by atoms with Gasteiger partial charge in [0.25, 0.3) is 11.8 Å². The fraction of sp³-hybridized carbons (Fsp3) is 0.333. The Bertz CT molecular complexity index is 731. The number of furan rings is 1. The van der Waals surface area contributed by atoms with E-state index in [2.05, 4.69) is 0 Å². The van der Waals surface area contributed by atoms with Crippen molar-refractivity contribution in [2.24, 2.45) is 0 Å². The Morgan fingerprint density at radius 1 is 1.04 bits per heavy atom. The van der Waals surface area contributed by atoms with E-state index in [1.807, 2.05) is 13.0 Å². The highest BCUT2D eigenvalue weighted by Gasteiger charge is 2.26. The summed E-state index contributed by atoms with van der Waals surface area (Å²) in [4.78, 5) is 28.3. The second-order valence-corrected chi connectivity index (χ2v) is 5.75. The number of aryl methyl sites for hydroxylation is 1. The molecule has 1 aliphatic rings. The Labute approximate surface area is 140 Å². The quantitative estimate of drug-likeness (QED) is 0.866. The van der Waals surface area contributed by atoms with Gasteiger partial charge in [-0.15, -0.1) is 0 Å². The van der Waals surface area contributed by atoms with Crippen molar-refractivity contribution >= 4 is 11.8 Å². The van der Waals surface area contributed by atoms with Crippen LogP contribution in [0, 0.1) is 6.92 Å². The Hall–Kier alpha value is -2.76. The summed E-state index contributed by atoms with van der Waals surface area (Å²) in [6.45, 7) is 3.93. The van der Waals surface area contributed by atoms with E-state index in [1.165, 1.54) is 6.26 Å². The molecule has 2 aromatic rings. The van der Waals surface area contributed by atoms with Gasteiger partial charge < -0.3 is 19.0 Å². The Morgan fingerprint density at radius 3 is 2.25 bits per heavy atom. The molecule has 0 N–H and O–H groups in total. The molecule has 0 atom stereocenters. The first-order valence-corrected chi connectivity index (χ1v) is 7.87. The zero-order valence-corrected chi connectivity index (χ0v) is 13.8. The molecule has 1 fully saturated rings. The van der Waals surface area contributed by atoms with Crippen LogP contribution in [-0.4, -0.2) is 54.9 Å². The maximum atomic E-state index is 12.6. The lowest BCUT2D eigenvalue weighted by molar-refractivity contribution is 0.0518. The van der Waals surface area contributed by atoms with Crippen LogP contribution in [0.5, 0.6) is 5.75 Å². The van der Waals surface area contributed by atoms with Gasteiger partial charge in [0.05, 0.1) is 13.4 Å². The molecule has 0 unspecified atom stereocenters. The SMILES string of the molecule is COc1ccc(C(=O)N2CCN(C(=O)c3ccco3)CC2)cc1C. The Kier molecular flexibility index (Phi) is 4.55. The van der Waals surface area contributed by atoms with E-state index in [9.17, 15) is 9.59 Å². The smallest absolute Gasteiger partial charge is 0.289 e. The highest BCUT2D eigenvalue weighted by atomic mass is 16.5. The minimum Gasteiger partial charge on any atom is -0.496 e. The number of nitrogens with zero attached hydrogens (tertiary/aromatic N) is 2. The molecule has 2 heterocycles. The number of rotatable bonds is 3. The average molecular weight is 328 g/mol. The van der Waals surface area contributed by atoms with Gasteiger partial charge in [0.1, 0.15) is 5.75 Å². The van der Waals surface area contributed by atoms with Crippen molar-refractivity contribution in [2.75, 3.05) is 33.3 Å². The summed E-state index contributed by atoms with van der Waals surface area (Å²) in [5.41, 5.74) is 1.56. The number of piperazine rings is 1. The molecule has 6 nitrogen and oxygen atoms in total. The number of hydrogen-bond acceptors (Lipinski definition) is 4. The highest BCUT2D eigenvalue weighted by molar-refractivity contribution is 5.95. The van der Waals surface area contributed by atoms with E-state index in [4.69, 9.17) is 9.15 Å². The zero-order chi connectivity index (χ0) is 17.1. The van der Waals surface area contributed by atoms with Crippen LogP contribution in [0.25, 0.3) is 0 Å². The molecule has 2 amide bonds. The predicted molar refractivity (Wildman–Crippen MR) is 88.2 cm³/mol. The first kappa shape index (κ1) is 16.1. The molecule has 0 spiro atoms. The van der Waals surface area contributed by atoms with E-state index in [-0.39, 0.29) is 11.8 Å². The Balaban J connectivity index is 1.63. The van der Waals surface area contributed by atoms with E-state index in [0.717, 1.165) is 11.3 Å². The molecule has 0 saturated carbocycles. The lowest BCUT2D eigenvalue weighted by Gasteiger charge is -2.34. The van der Waals surface area contributed by atoms with Crippen molar-refractivity contribution in [3.05, 3.63) is 53.5 Å². The molecular weight excluding hydrogens is 308 g/mol. The van der Waals surface area contributed by atoms with Crippen molar-refractivity contribution in [1.82, 2.24) is 9.80 Å². The number of hydrogen-bond donors (Lipinski definition) is 0. The van der Waals surface area contributed by atoms with E-state index in [0.29, 0.717) is 37.5 Å². The first-order valence-electron chi connectivity index (χ1n) is 7.87. The first-order chi connectivity index (χ1) is 11.6. The largest absolute Gasteiger partial charge is 0.496 e. The maximum Gasteiger partial charge on any atom is 0.289 e. The second kappa shape index (κ2) is 6.78. The molecule has 6 heteroatoms. The van der Waals surface area contributed by atoms with Gasteiger partial charge in [0.15, 0.2) is 5.76 Å². The van der Waals surface area contributed by atoms with Crippen LogP contribution in [0.15, 0.2) is 41.0 Å². The van der Waals surface area contributed by atoms with Gasteiger partial charge in [-0.05, 0) is 42.8 Å². The molecule has 0 aliphatic carbocycles. The third kappa shape index (κ3) is 3.13. The number of amides is 2. The van der Waals surface area contributed by atoms with Crippen molar-refractivity contribution in [3.63, 3.8) is 0 Å². The third-order valence-corrected chi connectivity index (χ3v) is 4.23. The summed E-state index contributed by atoms with van der Waals surface area (Å²) >= 11 is 0. The van der Waals surface area contributed by atoms with E-state index in [1.54, 1.807) is 41.2 Å².